The SMILES string of the molecule is O=C(O)c1ccccc1.O=C1CCC(=O)N1O. The van der Waals surface area contributed by atoms with Crippen LogP contribution in [0, 0.1) is 0 Å². The Morgan fingerprint density at radius 2 is 1.53 bits per heavy atom. The number of hydroxylamine groups is 2. The van der Waals surface area contributed by atoms with Crippen molar-refractivity contribution in [2.75, 3.05) is 0 Å². The average molecular weight is 237 g/mol. The Kier molecular flexibility index (Phi) is 4.36. The number of rotatable bonds is 1. The average Bonchev–Trinajstić information content (AvgIpc) is 2.62. The molecule has 0 bridgehead atoms. The predicted molar refractivity (Wildman–Crippen MR) is 56.3 cm³/mol. The molecule has 1 aromatic carbocycles. The van der Waals surface area contributed by atoms with E-state index in [0.717, 1.165) is 0 Å². The first kappa shape index (κ1) is 12.9. The van der Waals surface area contributed by atoms with Gasteiger partial charge in [-0.15, -0.1) is 0 Å². The molecule has 17 heavy (non-hydrogen) atoms. The molecule has 0 radical (unpaired) electrons. The molecule has 6 nitrogen and oxygen atoms in total. The van der Waals surface area contributed by atoms with Crippen LogP contribution in [0.2, 0.25) is 0 Å². The predicted octanol–water partition coefficient (Wildman–Crippen LogP) is 0.909. The number of carbonyl (C=O) groups is 3. The third kappa shape index (κ3) is 3.69. The fraction of sp³-hybridized carbons (Fsp3) is 0.182. The van der Waals surface area contributed by atoms with Crippen LogP contribution >= 0.6 is 0 Å². The summed E-state index contributed by atoms with van der Waals surface area (Å²) >= 11 is 0. The largest absolute Gasteiger partial charge is 0.478 e. The first-order valence-corrected chi connectivity index (χ1v) is 4.85. The Balaban J connectivity index is 0.000000171. The highest BCUT2D eigenvalue weighted by Crippen LogP contribution is 2.07. The van der Waals surface area contributed by atoms with Crippen molar-refractivity contribution in [2.24, 2.45) is 0 Å². The minimum Gasteiger partial charge on any atom is -0.478 e. The molecule has 1 fully saturated rings. The third-order valence-electron chi connectivity index (χ3n) is 2.05. The lowest BCUT2D eigenvalue weighted by Gasteiger charge is -1.98. The van der Waals surface area contributed by atoms with Gasteiger partial charge in [-0.2, -0.15) is 5.06 Å². The van der Waals surface area contributed by atoms with Gasteiger partial charge in [-0.1, -0.05) is 18.2 Å². The number of nitrogens with zero attached hydrogens (tertiary/aromatic N) is 1. The molecule has 90 valence electrons. The molecule has 1 aromatic rings. The number of benzene rings is 1. The van der Waals surface area contributed by atoms with Crippen LogP contribution in [0.5, 0.6) is 0 Å². The number of carbonyl (C=O) groups excluding carboxylic acids is 2. The molecule has 0 unspecified atom stereocenters. The second-order valence-electron chi connectivity index (χ2n) is 3.27. The van der Waals surface area contributed by atoms with Crippen molar-refractivity contribution in [1.82, 2.24) is 5.06 Å². The zero-order valence-electron chi connectivity index (χ0n) is 8.87. The van der Waals surface area contributed by atoms with Crippen LogP contribution in [0.3, 0.4) is 0 Å². The molecule has 0 aromatic heterocycles. The van der Waals surface area contributed by atoms with Crippen molar-refractivity contribution in [2.45, 2.75) is 12.8 Å². The number of aromatic carboxylic acids is 1. The van der Waals surface area contributed by atoms with Crippen molar-refractivity contribution in [3.63, 3.8) is 0 Å². The van der Waals surface area contributed by atoms with Crippen molar-refractivity contribution < 1.29 is 24.7 Å². The van der Waals surface area contributed by atoms with Crippen LogP contribution in [-0.2, 0) is 9.59 Å². The number of hydrogen-bond acceptors (Lipinski definition) is 4. The Morgan fingerprint density at radius 3 is 1.76 bits per heavy atom. The second kappa shape index (κ2) is 5.76. The molecule has 0 saturated carbocycles. The normalized spacial score (nSPS) is 14.3. The molecule has 2 rings (SSSR count). The summed E-state index contributed by atoms with van der Waals surface area (Å²) in [5, 5.41) is 17.0. The van der Waals surface area contributed by atoms with E-state index in [1.54, 1.807) is 30.3 Å². The van der Waals surface area contributed by atoms with Gasteiger partial charge in [-0.05, 0) is 12.1 Å². The molecule has 6 heteroatoms. The molecule has 2 amide bonds. The summed E-state index contributed by atoms with van der Waals surface area (Å²) in [6.07, 6.45) is 0.296. The minimum absolute atomic E-state index is 0.148. The van der Waals surface area contributed by atoms with Gasteiger partial charge < -0.3 is 5.11 Å². The maximum Gasteiger partial charge on any atom is 0.335 e. The molecule has 0 aliphatic carbocycles. The first-order valence-electron chi connectivity index (χ1n) is 4.85. The maximum atomic E-state index is 10.2. The van der Waals surface area contributed by atoms with Crippen molar-refractivity contribution in [3.05, 3.63) is 35.9 Å². The van der Waals surface area contributed by atoms with Crippen molar-refractivity contribution in [3.8, 4) is 0 Å². The summed E-state index contributed by atoms with van der Waals surface area (Å²) < 4.78 is 0. The van der Waals surface area contributed by atoms with Crippen LogP contribution in [0.15, 0.2) is 30.3 Å². The number of carboxylic acids is 1. The molecule has 1 aliphatic rings. The van der Waals surface area contributed by atoms with Gasteiger partial charge in [-0.3, -0.25) is 14.8 Å². The molecule has 2 N–H and O–H groups in total. The van der Waals surface area contributed by atoms with Crippen molar-refractivity contribution in [1.29, 1.82) is 0 Å². The quantitative estimate of drug-likeness (QED) is 0.559. The second-order valence-corrected chi connectivity index (χ2v) is 3.27. The van der Waals surface area contributed by atoms with Gasteiger partial charge in [0.25, 0.3) is 11.8 Å². The summed E-state index contributed by atoms with van der Waals surface area (Å²) in [6.45, 7) is 0. The number of amides is 2. The third-order valence-corrected chi connectivity index (χ3v) is 2.05. The van der Waals surface area contributed by atoms with Crippen LogP contribution in [-0.4, -0.2) is 33.2 Å². The van der Waals surface area contributed by atoms with E-state index in [2.05, 4.69) is 0 Å². The fourth-order valence-corrected chi connectivity index (χ4v) is 1.15. The summed E-state index contributed by atoms with van der Waals surface area (Å²) in [5.41, 5.74) is 0.331. The highest BCUT2D eigenvalue weighted by atomic mass is 16.5. The van der Waals surface area contributed by atoms with Gasteiger partial charge >= 0.3 is 5.97 Å². The zero-order chi connectivity index (χ0) is 12.8. The Morgan fingerprint density at radius 1 is 1.06 bits per heavy atom. The van der Waals surface area contributed by atoms with E-state index in [0.29, 0.717) is 5.56 Å². The minimum atomic E-state index is -0.879. The van der Waals surface area contributed by atoms with Gasteiger partial charge in [0.1, 0.15) is 0 Å². The monoisotopic (exact) mass is 237 g/mol. The van der Waals surface area contributed by atoms with E-state index >= 15 is 0 Å². The van der Waals surface area contributed by atoms with Crippen LogP contribution in [0.25, 0.3) is 0 Å². The molecule has 1 heterocycles. The number of hydrogen-bond donors (Lipinski definition) is 2. The van der Waals surface area contributed by atoms with E-state index in [1.807, 2.05) is 0 Å². The van der Waals surface area contributed by atoms with Crippen LogP contribution in [0.1, 0.15) is 23.2 Å². The molecular formula is C11H11NO5. The highest BCUT2D eigenvalue weighted by molar-refractivity contribution is 6.00. The van der Waals surface area contributed by atoms with E-state index in [1.165, 1.54) is 0 Å². The topological polar surface area (TPSA) is 94.9 Å². The van der Waals surface area contributed by atoms with Gasteiger partial charge in [0.15, 0.2) is 0 Å². The van der Waals surface area contributed by atoms with Gasteiger partial charge in [0.2, 0.25) is 0 Å². The lowest BCUT2D eigenvalue weighted by molar-refractivity contribution is -0.171. The van der Waals surface area contributed by atoms with Crippen LogP contribution in [0.4, 0.5) is 0 Å². The lowest BCUT2D eigenvalue weighted by Crippen LogP contribution is -2.24. The van der Waals surface area contributed by atoms with Gasteiger partial charge in [0, 0.05) is 12.8 Å². The maximum absolute atomic E-state index is 10.2. The highest BCUT2D eigenvalue weighted by Gasteiger charge is 2.26. The van der Waals surface area contributed by atoms with Gasteiger partial charge in [-0.25, -0.2) is 4.79 Å². The van der Waals surface area contributed by atoms with Crippen molar-refractivity contribution >= 4 is 17.8 Å². The molecule has 1 aliphatic heterocycles. The first-order chi connectivity index (χ1) is 8.02. The molecule has 0 spiro atoms. The van der Waals surface area contributed by atoms with E-state index in [-0.39, 0.29) is 17.9 Å². The summed E-state index contributed by atoms with van der Waals surface area (Å²) in [7, 11) is 0. The van der Waals surface area contributed by atoms with E-state index in [4.69, 9.17) is 10.3 Å². The summed E-state index contributed by atoms with van der Waals surface area (Å²) in [5.74, 6) is -1.89. The van der Waals surface area contributed by atoms with Gasteiger partial charge in [0.05, 0.1) is 5.56 Å². The Hall–Kier alpha value is -2.21. The summed E-state index contributed by atoms with van der Waals surface area (Å²) in [4.78, 5) is 30.7. The standard InChI is InChI=1S/C7H6O2.C4H5NO3/c8-7(9)6-4-2-1-3-5-6;6-3-1-2-4(7)5(3)8/h1-5H,(H,8,9);8H,1-2H2. The Labute approximate surface area is 97.0 Å². The fourth-order valence-electron chi connectivity index (χ4n) is 1.15. The smallest absolute Gasteiger partial charge is 0.335 e. The molecule has 1 saturated heterocycles. The van der Waals surface area contributed by atoms with E-state index in [9.17, 15) is 14.4 Å². The summed E-state index contributed by atoms with van der Waals surface area (Å²) in [6, 6.07) is 8.30. The molecular weight excluding hydrogens is 226 g/mol. The zero-order valence-corrected chi connectivity index (χ0v) is 8.87. The number of carboxylic acid groups (broad SMARTS) is 1. The Bertz CT molecular complexity index is 413. The van der Waals surface area contributed by atoms with Crippen LogP contribution < -0.4 is 0 Å². The lowest BCUT2D eigenvalue weighted by atomic mass is 10.2. The number of imide groups is 1. The van der Waals surface area contributed by atoms with E-state index < -0.39 is 17.8 Å². The molecule has 0 atom stereocenters.